The van der Waals surface area contributed by atoms with Crippen LogP contribution in [0.15, 0.2) is 41.6 Å². The van der Waals surface area contributed by atoms with Crippen LogP contribution in [0.1, 0.15) is 37.4 Å². The number of nitrogens with zero attached hydrogens (tertiary/aromatic N) is 4. The zero-order valence-electron chi connectivity index (χ0n) is 20.8. The molecule has 4 rings (SSSR count). The molecule has 3 aliphatic heterocycles. The minimum absolute atomic E-state index is 0.0976. The van der Waals surface area contributed by atoms with Crippen molar-refractivity contribution in [2.24, 2.45) is 4.99 Å². The lowest BCUT2D eigenvalue weighted by Gasteiger charge is -2.37. The molecule has 0 radical (unpaired) electrons. The van der Waals surface area contributed by atoms with Gasteiger partial charge in [-0.15, -0.1) is 0 Å². The van der Waals surface area contributed by atoms with Gasteiger partial charge in [-0.3, -0.25) is 19.7 Å². The third kappa shape index (κ3) is 6.18. The maximum absolute atomic E-state index is 14.8. The minimum atomic E-state index is -0.594. The minimum Gasteiger partial charge on any atom is -0.498 e. The monoisotopic (exact) mass is 499 g/mol. The number of hydrogen-bond acceptors (Lipinski definition) is 8. The molecular weight excluding hydrogens is 465 g/mol. The molecule has 194 valence electrons. The largest absolute Gasteiger partial charge is 0.498 e. The van der Waals surface area contributed by atoms with Crippen molar-refractivity contribution >= 4 is 23.9 Å². The third-order valence-electron chi connectivity index (χ3n) is 6.63. The zero-order chi connectivity index (χ0) is 25.5. The van der Waals surface area contributed by atoms with Gasteiger partial charge in [0, 0.05) is 43.7 Å². The lowest BCUT2D eigenvalue weighted by molar-refractivity contribution is -0.107. The number of carbonyl (C=O) groups excluding carboxylic acids is 1. The van der Waals surface area contributed by atoms with Crippen LogP contribution in [-0.2, 0) is 14.3 Å². The van der Waals surface area contributed by atoms with Crippen molar-refractivity contribution in [3.8, 4) is 0 Å². The summed E-state index contributed by atoms with van der Waals surface area (Å²) in [6.07, 6.45) is 10.8. The number of halogens is 1. The van der Waals surface area contributed by atoms with E-state index in [0.717, 1.165) is 25.1 Å². The number of anilines is 1. The SMILES string of the molecule is C/C=C\c1ncc(F)c2c1N(C=O)CC2CN1CC[C@H](NCC2=N/C=C(\C)OCCO\C=C\2)[C@H](O)C1. The molecule has 9 nitrogen and oxygen atoms in total. The number of likely N-dealkylation sites (tertiary alicyclic amines) is 1. The van der Waals surface area contributed by atoms with Gasteiger partial charge in [0.2, 0.25) is 6.41 Å². The maximum atomic E-state index is 14.8. The average Bonchev–Trinajstić information content (AvgIpc) is 3.24. The summed E-state index contributed by atoms with van der Waals surface area (Å²) in [7, 11) is 0. The normalized spacial score (nSPS) is 28.9. The molecule has 3 aliphatic rings. The number of aromatic nitrogens is 1. The van der Waals surface area contributed by atoms with E-state index in [-0.39, 0.29) is 12.0 Å². The lowest BCUT2D eigenvalue weighted by Crippen LogP contribution is -2.54. The summed E-state index contributed by atoms with van der Waals surface area (Å²) in [6.45, 7) is 7.26. The molecule has 1 aromatic heterocycles. The standard InChI is InChI=1S/C26H34FN5O4/c1-3-4-23-26-25(21(27)13-30-23)19(15-32(26)17-33)14-31-7-5-22(24(34)16-31)29-12-20-6-8-35-9-10-36-18(2)11-28-20/h3-4,6,8,11,13,17,19,22,24,29,34H,5,7,9-10,12,14-16H2,1-2H3/b4-3-,8-6+,18-11+,28-20+/t19?,22-,24+/m0/s1. The van der Waals surface area contributed by atoms with Gasteiger partial charge in [-0.05, 0) is 39.0 Å². The summed E-state index contributed by atoms with van der Waals surface area (Å²) < 4.78 is 25.7. The molecule has 1 unspecified atom stereocenters. The summed E-state index contributed by atoms with van der Waals surface area (Å²) in [6, 6.07) is -0.0976. The van der Waals surface area contributed by atoms with Crippen LogP contribution in [0.2, 0.25) is 0 Å². The molecule has 1 amide bonds. The highest BCUT2D eigenvalue weighted by atomic mass is 19.1. The molecule has 3 atom stereocenters. The van der Waals surface area contributed by atoms with E-state index in [1.165, 1.54) is 11.1 Å². The van der Waals surface area contributed by atoms with Crippen LogP contribution in [0.25, 0.3) is 6.08 Å². The number of carbonyl (C=O) groups is 1. The van der Waals surface area contributed by atoms with E-state index in [1.54, 1.807) is 18.5 Å². The predicted octanol–water partition coefficient (Wildman–Crippen LogP) is 2.20. The Morgan fingerprint density at radius 3 is 2.97 bits per heavy atom. The Bertz CT molecular complexity index is 1060. The number of piperidine rings is 1. The van der Waals surface area contributed by atoms with Gasteiger partial charge in [0.15, 0.2) is 0 Å². The second-order valence-corrected chi connectivity index (χ2v) is 9.19. The van der Waals surface area contributed by atoms with Crippen LogP contribution in [0, 0.1) is 5.82 Å². The van der Waals surface area contributed by atoms with Crippen LogP contribution >= 0.6 is 0 Å². The van der Waals surface area contributed by atoms with Crippen molar-refractivity contribution in [1.82, 2.24) is 15.2 Å². The zero-order valence-corrected chi connectivity index (χ0v) is 20.8. The van der Waals surface area contributed by atoms with E-state index in [0.29, 0.717) is 62.1 Å². The molecule has 0 bridgehead atoms. The van der Waals surface area contributed by atoms with E-state index in [4.69, 9.17) is 9.47 Å². The number of nitrogens with one attached hydrogen (secondary N) is 1. The first-order valence-corrected chi connectivity index (χ1v) is 12.3. The fourth-order valence-corrected chi connectivity index (χ4v) is 4.90. The number of pyridine rings is 1. The molecule has 2 N–H and O–H groups in total. The van der Waals surface area contributed by atoms with Crippen molar-refractivity contribution in [1.29, 1.82) is 0 Å². The average molecular weight is 500 g/mol. The highest BCUT2D eigenvalue weighted by Crippen LogP contribution is 2.40. The molecular formula is C26H34FN5O4. The topological polar surface area (TPSA) is 99.5 Å². The van der Waals surface area contributed by atoms with Gasteiger partial charge in [0.05, 0.1) is 41.9 Å². The van der Waals surface area contributed by atoms with Crippen LogP contribution in [-0.4, -0.2) is 85.2 Å². The van der Waals surface area contributed by atoms with E-state index in [9.17, 15) is 14.3 Å². The number of fused-ring (bicyclic) bond motifs is 1. The van der Waals surface area contributed by atoms with Crippen molar-refractivity contribution in [2.45, 2.75) is 38.3 Å². The Labute approximate surface area is 211 Å². The molecule has 1 saturated heterocycles. The summed E-state index contributed by atoms with van der Waals surface area (Å²) in [5.74, 6) is 0.128. The third-order valence-corrected chi connectivity index (χ3v) is 6.63. The molecule has 1 fully saturated rings. The smallest absolute Gasteiger partial charge is 0.214 e. The second kappa shape index (κ2) is 12.2. The Morgan fingerprint density at radius 1 is 1.33 bits per heavy atom. The van der Waals surface area contributed by atoms with Crippen LogP contribution < -0.4 is 10.2 Å². The van der Waals surface area contributed by atoms with Crippen molar-refractivity contribution in [3.63, 3.8) is 0 Å². The Morgan fingerprint density at radius 2 is 2.19 bits per heavy atom. The lowest BCUT2D eigenvalue weighted by atomic mass is 9.96. The molecule has 0 saturated carbocycles. The van der Waals surface area contributed by atoms with Crippen LogP contribution in [0.4, 0.5) is 10.1 Å². The Hall–Kier alpha value is -3.08. The number of aliphatic imine (C=N–C) groups is 1. The van der Waals surface area contributed by atoms with Gasteiger partial charge in [-0.2, -0.15) is 0 Å². The molecule has 0 aromatic carbocycles. The fraction of sp³-hybridized carbons (Fsp3) is 0.500. The van der Waals surface area contributed by atoms with Gasteiger partial charge >= 0.3 is 0 Å². The van der Waals surface area contributed by atoms with Gasteiger partial charge in [-0.25, -0.2) is 4.39 Å². The number of aliphatic hydroxyl groups is 1. The number of β-amino-alcohol motifs (C(OH)–C–C–N with tert-alkyl or cyclic N) is 1. The van der Waals surface area contributed by atoms with Crippen molar-refractivity contribution in [3.05, 3.63) is 53.6 Å². The number of rotatable bonds is 7. The highest BCUT2D eigenvalue weighted by molar-refractivity contribution is 5.96. The molecule has 4 heterocycles. The molecule has 0 aliphatic carbocycles. The second-order valence-electron chi connectivity index (χ2n) is 9.19. The summed E-state index contributed by atoms with van der Waals surface area (Å²) in [5.41, 5.74) is 2.43. The van der Waals surface area contributed by atoms with E-state index in [1.807, 2.05) is 26.0 Å². The van der Waals surface area contributed by atoms with E-state index < -0.39 is 11.9 Å². The van der Waals surface area contributed by atoms with Gasteiger partial charge < -0.3 is 24.8 Å². The van der Waals surface area contributed by atoms with E-state index in [2.05, 4.69) is 20.2 Å². The number of aliphatic hydroxyl groups excluding tert-OH is 1. The van der Waals surface area contributed by atoms with Crippen molar-refractivity contribution in [2.75, 3.05) is 50.8 Å². The Balaban J connectivity index is 1.37. The number of allylic oxidation sites excluding steroid dienone is 2. The molecule has 10 heteroatoms. The first-order chi connectivity index (χ1) is 17.5. The van der Waals surface area contributed by atoms with Gasteiger partial charge in [-0.1, -0.05) is 6.08 Å². The summed E-state index contributed by atoms with van der Waals surface area (Å²) in [4.78, 5) is 24.0. The van der Waals surface area contributed by atoms with Gasteiger partial charge in [0.25, 0.3) is 0 Å². The summed E-state index contributed by atoms with van der Waals surface area (Å²) in [5, 5.41) is 14.3. The van der Waals surface area contributed by atoms with Crippen molar-refractivity contribution < 1.29 is 23.8 Å². The number of ether oxygens (including phenoxy) is 2. The quantitative estimate of drug-likeness (QED) is 0.555. The molecule has 1 aromatic rings. The maximum Gasteiger partial charge on any atom is 0.214 e. The van der Waals surface area contributed by atoms with E-state index >= 15 is 0 Å². The first kappa shape index (κ1) is 26.0. The highest BCUT2D eigenvalue weighted by Gasteiger charge is 2.36. The molecule has 0 spiro atoms. The fourth-order valence-electron chi connectivity index (χ4n) is 4.90. The summed E-state index contributed by atoms with van der Waals surface area (Å²) >= 11 is 0. The van der Waals surface area contributed by atoms with Crippen LogP contribution in [0.3, 0.4) is 0 Å². The number of hydrogen-bond donors (Lipinski definition) is 2. The Kier molecular flexibility index (Phi) is 8.84. The molecule has 36 heavy (non-hydrogen) atoms. The predicted molar refractivity (Wildman–Crippen MR) is 136 cm³/mol. The number of amides is 1. The first-order valence-electron chi connectivity index (χ1n) is 12.3. The van der Waals surface area contributed by atoms with Gasteiger partial charge in [0.1, 0.15) is 24.8 Å². The van der Waals surface area contributed by atoms with Crippen LogP contribution in [0.5, 0.6) is 0 Å².